The number of benzene rings is 1. The molecule has 0 saturated heterocycles. The van der Waals surface area contributed by atoms with Crippen LogP contribution in [-0.4, -0.2) is 34.4 Å². The largest absolute Gasteiger partial charge is 0.484 e. The fourth-order valence-corrected chi connectivity index (χ4v) is 2.51. The number of rotatable bonds is 8. The standard InChI is InChI=1S/C19H21N3O4/c1-13(23)14-4-6-16(7-5-14)26-11-18(24)20-8-9-22-12-21-17(10-19(22)25)15-2-3-15/h4-7,10,12,15H,2-3,8-9,11H2,1H3,(H,20,24). The van der Waals surface area contributed by atoms with Crippen LogP contribution in [0.1, 0.15) is 41.7 Å². The van der Waals surface area contributed by atoms with Gasteiger partial charge in [0.1, 0.15) is 5.75 Å². The highest BCUT2D eigenvalue weighted by Crippen LogP contribution is 2.38. The number of carbonyl (C=O) groups is 2. The van der Waals surface area contributed by atoms with Crippen LogP contribution in [0.25, 0.3) is 0 Å². The Morgan fingerprint density at radius 2 is 2.00 bits per heavy atom. The number of Topliss-reactive ketones (excluding diaryl/α,β-unsaturated/α-hetero) is 1. The van der Waals surface area contributed by atoms with E-state index in [1.165, 1.54) is 17.8 Å². The molecule has 2 aromatic rings. The molecule has 136 valence electrons. The number of ketones is 1. The van der Waals surface area contributed by atoms with Gasteiger partial charge in [0.25, 0.3) is 11.5 Å². The Morgan fingerprint density at radius 1 is 1.27 bits per heavy atom. The van der Waals surface area contributed by atoms with Crippen molar-refractivity contribution < 1.29 is 14.3 Å². The first kappa shape index (κ1) is 17.8. The summed E-state index contributed by atoms with van der Waals surface area (Å²) < 4.78 is 6.85. The lowest BCUT2D eigenvalue weighted by Gasteiger charge is -2.09. The molecule has 1 aromatic heterocycles. The molecule has 1 aromatic carbocycles. The van der Waals surface area contributed by atoms with Gasteiger partial charge in [-0.1, -0.05) is 0 Å². The Bertz CT molecular complexity index is 854. The lowest BCUT2D eigenvalue weighted by atomic mass is 10.1. The summed E-state index contributed by atoms with van der Waals surface area (Å²) in [7, 11) is 0. The fraction of sp³-hybridized carbons (Fsp3) is 0.368. The molecule has 0 spiro atoms. The van der Waals surface area contributed by atoms with E-state index >= 15 is 0 Å². The van der Waals surface area contributed by atoms with Gasteiger partial charge in [0, 0.05) is 30.6 Å². The first-order valence-electron chi connectivity index (χ1n) is 8.60. The van der Waals surface area contributed by atoms with Crippen molar-refractivity contribution in [1.82, 2.24) is 14.9 Å². The molecule has 3 rings (SSSR count). The van der Waals surface area contributed by atoms with Crippen LogP contribution < -0.4 is 15.6 Å². The zero-order valence-corrected chi connectivity index (χ0v) is 14.6. The van der Waals surface area contributed by atoms with Crippen molar-refractivity contribution in [3.05, 3.63) is 58.3 Å². The van der Waals surface area contributed by atoms with Gasteiger partial charge in [0.05, 0.1) is 12.0 Å². The van der Waals surface area contributed by atoms with Crippen LogP contribution in [0.5, 0.6) is 5.75 Å². The molecule has 1 aliphatic carbocycles. The SMILES string of the molecule is CC(=O)c1ccc(OCC(=O)NCCn2cnc(C3CC3)cc2=O)cc1. The van der Waals surface area contributed by atoms with Gasteiger partial charge in [-0.15, -0.1) is 0 Å². The molecule has 0 unspecified atom stereocenters. The van der Waals surface area contributed by atoms with Crippen molar-refractivity contribution in [1.29, 1.82) is 0 Å². The average Bonchev–Trinajstić information content (AvgIpc) is 3.47. The maximum Gasteiger partial charge on any atom is 0.258 e. The predicted octanol–water partition coefficient (Wildman–Crippen LogP) is 1.52. The number of hydrogen-bond acceptors (Lipinski definition) is 5. The van der Waals surface area contributed by atoms with E-state index in [0.29, 0.717) is 30.3 Å². The Kier molecular flexibility index (Phi) is 5.46. The zero-order valence-electron chi connectivity index (χ0n) is 14.6. The molecule has 7 heteroatoms. The normalized spacial score (nSPS) is 13.3. The van der Waals surface area contributed by atoms with Crippen molar-refractivity contribution in [3.8, 4) is 5.75 Å². The van der Waals surface area contributed by atoms with Gasteiger partial charge in [0.15, 0.2) is 12.4 Å². The molecule has 1 saturated carbocycles. The number of ether oxygens (including phenoxy) is 1. The number of aromatic nitrogens is 2. The molecular formula is C19H21N3O4. The zero-order chi connectivity index (χ0) is 18.5. The molecule has 0 radical (unpaired) electrons. The molecule has 7 nitrogen and oxygen atoms in total. The van der Waals surface area contributed by atoms with Crippen molar-refractivity contribution in [2.24, 2.45) is 0 Å². The van der Waals surface area contributed by atoms with Crippen LogP contribution in [0.4, 0.5) is 0 Å². The molecule has 1 N–H and O–H groups in total. The highest BCUT2D eigenvalue weighted by Gasteiger charge is 2.25. The molecule has 1 amide bonds. The summed E-state index contributed by atoms with van der Waals surface area (Å²) in [6.45, 7) is 2.03. The molecule has 0 atom stereocenters. The second-order valence-electron chi connectivity index (χ2n) is 6.34. The van der Waals surface area contributed by atoms with E-state index in [1.807, 2.05) is 0 Å². The van der Waals surface area contributed by atoms with Gasteiger partial charge >= 0.3 is 0 Å². The van der Waals surface area contributed by atoms with Gasteiger partial charge in [-0.05, 0) is 44.0 Å². The quantitative estimate of drug-likeness (QED) is 0.725. The van der Waals surface area contributed by atoms with E-state index in [4.69, 9.17) is 4.74 Å². The van der Waals surface area contributed by atoms with Crippen LogP contribution in [0.2, 0.25) is 0 Å². The maximum absolute atomic E-state index is 12.0. The molecule has 0 aliphatic heterocycles. The van der Waals surface area contributed by atoms with Gasteiger partial charge < -0.3 is 10.1 Å². The first-order valence-corrected chi connectivity index (χ1v) is 8.60. The summed E-state index contributed by atoms with van der Waals surface area (Å²) in [6, 6.07) is 8.18. The minimum atomic E-state index is -0.281. The second kappa shape index (κ2) is 7.95. The number of carbonyl (C=O) groups excluding carboxylic acids is 2. The topological polar surface area (TPSA) is 90.3 Å². The summed E-state index contributed by atoms with van der Waals surface area (Å²) in [4.78, 5) is 39.3. The number of nitrogens with one attached hydrogen (secondary N) is 1. The van der Waals surface area contributed by atoms with Gasteiger partial charge in [-0.25, -0.2) is 4.98 Å². The highest BCUT2D eigenvalue weighted by molar-refractivity contribution is 5.94. The van der Waals surface area contributed by atoms with E-state index in [9.17, 15) is 14.4 Å². The van der Waals surface area contributed by atoms with Crippen LogP contribution in [0.15, 0.2) is 41.5 Å². The Morgan fingerprint density at radius 3 is 2.62 bits per heavy atom. The molecule has 26 heavy (non-hydrogen) atoms. The second-order valence-corrected chi connectivity index (χ2v) is 6.34. The van der Waals surface area contributed by atoms with Crippen LogP contribution >= 0.6 is 0 Å². The number of hydrogen-bond donors (Lipinski definition) is 1. The van der Waals surface area contributed by atoms with E-state index in [-0.39, 0.29) is 23.9 Å². The summed E-state index contributed by atoms with van der Waals surface area (Å²) >= 11 is 0. The Hall–Kier alpha value is -2.96. The lowest BCUT2D eigenvalue weighted by molar-refractivity contribution is -0.123. The summed E-state index contributed by atoms with van der Waals surface area (Å²) in [5.41, 5.74) is 1.35. The monoisotopic (exact) mass is 355 g/mol. The van der Waals surface area contributed by atoms with E-state index in [0.717, 1.165) is 18.5 Å². The third-order valence-corrected chi connectivity index (χ3v) is 4.20. The smallest absolute Gasteiger partial charge is 0.258 e. The molecule has 1 fully saturated rings. The van der Waals surface area contributed by atoms with Gasteiger partial charge in [0.2, 0.25) is 0 Å². The first-order chi connectivity index (χ1) is 12.5. The molecule has 1 heterocycles. The lowest BCUT2D eigenvalue weighted by Crippen LogP contribution is -2.33. The Balaban J connectivity index is 1.41. The van der Waals surface area contributed by atoms with Crippen molar-refractivity contribution in [2.45, 2.75) is 32.2 Å². The molecule has 0 bridgehead atoms. The van der Waals surface area contributed by atoms with Crippen LogP contribution in [-0.2, 0) is 11.3 Å². The van der Waals surface area contributed by atoms with Crippen molar-refractivity contribution in [3.63, 3.8) is 0 Å². The molecule has 1 aliphatic rings. The Labute approximate surface area is 151 Å². The van der Waals surface area contributed by atoms with E-state index < -0.39 is 0 Å². The summed E-state index contributed by atoms with van der Waals surface area (Å²) in [5, 5.41) is 2.70. The van der Waals surface area contributed by atoms with Crippen LogP contribution in [0.3, 0.4) is 0 Å². The van der Waals surface area contributed by atoms with E-state index in [1.54, 1.807) is 30.3 Å². The van der Waals surface area contributed by atoms with Crippen molar-refractivity contribution in [2.75, 3.05) is 13.2 Å². The van der Waals surface area contributed by atoms with Gasteiger partial charge in [-0.2, -0.15) is 0 Å². The van der Waals surface area contributed by atoms with Crippen molar-refractivity contribution >= 4 is 11.7 Å². The third-order valence-electron chi connectivity index (χ3n) is 4.20. The summed E-state index contributed by atoms with van der Waals surface area (Å²) in [6.07, 6.45) is 3.74. The summed E-state index contributed by atoms with van der Waals surface area (Å²) in [5.74, 6) is 0.653. The molecular weight excluding hydrogens is 334 g/mol. The fourth-order valence-electron chi connectivity index (χ4n) is 2.51. The average molecular weight is 355 g/mol. The third kappa shape index (κ3) is 4.78. The predicted molar refractivity (Wildman–Crippen MR) is 95.4 cm³/mol. The minimum Gasteiger partial charge on any atom is -0.484 e. The highest BCUT2D eigenvalue weighted by atomic mass is 16.5. The van der Waals surface area contributed by atoms with Gasteiger partial charge in [-0.3, -0.25) is 19.0 Å². The maximum atomic E-state index is 12.0. The van der Waals surface area contributed by atoms with E-state index in [2.05, 4.69) is 10.3 Å². The number of amides is 1. The minimum absolute atomic E-state index is 0.0239. The van der Waals surface area contributed by atoms with Crippen LogP contribution in [0, 0.1) is 0 Å². The number of nitrogens with zero attached hydrogens (tertiary/aromatic N) is 2.